The zero-order valence-corrected chi connectivity index (χ0v) is 16.6. The van der Waals surface area contributed by atoms with Crippen molar-refractivity contribution < 1.29 is 4.79 Å². The molecular weight excluding hydrogens is 371 g/mol. The van der Waals surface area contributed by atoms with Crippen LogP contribution in [-0.4, -0.2) is 15.5 Å². The normalized spacial score (nSPS) is 11.5. The largest absolute Gasteiger partial charge is 0.399 e. The summed E-state index contributed by atoms with van der Waals surface area (Å²) in [4.78, 5) is 17.2. The molecule has 0 saturated heterocycles. The number of hydrogen-bond donors (Lipinski definition) is 2. The fourth-order valence-corrected chi connectivity index (χ4v) is 2.94. The van der Waals surface area contributed by atoms with E-state index >= 15 is 0 Å². The molecule has 0 radical (unpaired) electrons. The molecule has 1 amide bonds. The third-order valence-corrected chi connectivity index (χ3v) is 4.02. The third-order valence-electron chi connectivity index (χ3n) is 4.02. The summed E-state index contributed by atoms with van der Waals surface area (Å²) in [6.07, 6.45) is 0. The third kappa shape index (κ3) is 4.29. The van der Waals surface area contributed by atoms with Crippen molar-refractivity contribution in [2.75, 3.05) is 5.73 Å². The van der Waals surface area contributed by atoms with Gasteiger partial charge in [-0.2, -0.15) is 0 Å². The molecule has 0 aliphatic heterocycles. The first kappa shape index (κ1) is 21.8. The van der Waals surface area contributed by atoms with E-state index in [1.54, 1.807) is 24.3 Å². The number of nitrogens with zero attached hydrogens (tertiary/aromatic N) is 2. The van der Waals surface area contributed by atoms with Crippen molar-refractivity contribution in [3.63, 3.8) is 0 Å². The molecule has 2 aromatic carbocycles. The summed E-state index contributed by atoms with van der Waals surface area (Å²) in [5, 5.41) is 3.02. The number of nitrogens with two attached hydrogens (primary N) is 1. The maximum Gasteiger partial charge on any atom is 0.251 e. The van der Waals surface area contributed by atoms with Crippen LogP contribution in [0, 0.1) is 0 Å². The zero-order valence-electron chi connectivity index (χ0n) is 15.0. The maximum absolute atomic E-state index is 12.5. The summed E-state index contributed by atoms with van der Waals surface area (Å²) < 4.78 is 2.17. The van der Waals surface area contributed by atoms with E-state index in [1.165, 1.54) is 0 Å². The molecule has 140 valence electrons. The van der Waals surface area contributed by atoms with E-state index < -0.39 is 0 Å². The number of halogens is 2. The number of carbonyl (C=O) groups excluding carboxylic acids is 1. The van der Waals surface area contributed by atoms with E-state index in [-0.39, 0.29) is 42.8 Å². The fraction of sp³-hybridized carbons (Fsp3) is 0.263. The van der Waals surface area contributed by atoms with Gasteiger partial charge in [-0.15, -0.1) is 24.8 Å². The number of anilines is 1. The molecule has 1 heterocycles. The minimum Gasteiger partial charge on any atom is -0.399 e. The Morgan fingerprint density at radius 3 is 2.42 bits per heavy atom. The quantitative estimate of drug-likeness (QED) is 0.638. The topological polar surface area (TPSA) is 72.9 Å². The number of carbonyl (C=O) groups is 1. The van der Waals surface area contributed by atoms with Gasteiger partial charge in [-0.3, -0.25) is 4.79 Å². The number of rotatable bonds is 4. The highest BCUT2D eigenvalue weighted by atomic mass is 35.5. The highest BCUT2D eigenvalue weighted by Gasteiger charge is 2.20. The molecule has 1 atom stereocenters. The van der Waals surface area contributed by atoms with Crippen LogP contribution in [0.25, 0.3) is 11.0 Å². The Morgan fingerprint density at radius 1 is 1.08 bits per heavy atom. The van der Waals surface area contributed by atoms with Crippen LogP contribution in [0.4, 0.5) is 5.69 Å². The van der Waals surface area contributed by atoms with Gasteiger partial charge >= 0.3 is 0 Å². The maximum atomic E-state index is 12.5. The molecule has 7 heteroatoms. The average molecular weight is 395 g/mol. The van der Waals surface area contributed by atoms with Crippen molar-refractivity contribution in [2.45, 2.75) is 32.9 Å². The Bertz CT molecular complexity index is 892. The molecule has 5 nitrogen and oxygen atoms in total. The van der Waals surface area contributed by atoms with E-state index in [0.29, 0.717) is 11.3 Å². The van der Waals surface area contributed by atoms with Crippen molar-refractivity contribution in [3.05, 3.63) is 59.9 Å². The predicted molar refractivity (Wildman–Crippen MR) is 111 cm³/mol. The minimum absolute atomic E-state index is 0. The predicted octanol–water partition coefficient (Wildman–Crippen LogP) is 4.53. The summed E-state index contributed by atoms with van der Waals surface area (Å²) in [7, 11) is 0. The van der Waals surface area contributed by atoms with Crippen LogP contribution in [0.2, 0.25) is 0 Å². The number of imidazole rings is 1. The van der Waals surface area contributed by atoms with E-state index in [2.05, 4.69) is 29.8 Å². The molecule has 0 spiro atoms. The molecule has 3 N–H and O–H groups in total. The van der Waals surface area contributed by atoms with Gasteiger partial charge in [-0.25, -0.2) is 4.98 Å². The van der Waals surface area contributed by atoms with Crippen LogP contribution >= 0.6 is 24.8 Å². The number of fused-ring (bicyclic) bond motifs is 1. The van der Waals surface area contributed by atoms with Crippen molar-refractivity contribution in [1.29, 1.82) is 0 Å². The number of amides is 1. The molecule has 0 fully saturated rings. The standard InChI is InChI=1S/C19H22N4O.2ClH/c1-12(2)23-17-10-5-4-9-16(17)22-18(23)13(3)21-19(24)14-7-6-8-15(20)11-14;;/h4-13H,20H2,1-3H3,(H,21,24);2*1H. The number of nitrogen functional groups attached to an aromatic ring is 1. The Morgan fingerprint density at radius 2 is 1.77 bits per heavy atom. The molecule has 0 saturated carbocycles. The van der Waals surface area contributed by atoms with E-state index in [0.717, 1.165) is 16.9 Å². The first-order valence-electron chi connectivity index (χ1n) is 8.10. The van der Waals surface area contributed by atoms with E-state index in [4.69, 9.17) is 10.7 Å². The summed E-state index contributed by atoms with van der Waals surface area (Å²) in [5.41, 5.74) is 8.89. The lowest BCUT2D eigenvalue weighted by atomic mass is 10.1. The van der Waals surface area contributed by atoms with Gasteiger partial charge in [0.15, 0.2) is 0 Å². The number of benzene rings is 2. The molecule has 0 aliphatic rings. The molecule has 3 aromatic rings. The number of para-hydroxylation sites is 2. The van der Waals surface area contributed by atoms with Crippen LogP contribution in [0.5, 0.6) is 0 Å². The molecule has 1 unspecified atom stereocenters. The Kier molecular flexibility index (Phi) is 7.48. The van der Waals surface area contributed by atoms with Crippen LogP contribution in [0.15, 0.2) is 48.5 Å². The van der Waals surface area contributed by atoms with Gasteiger partial charge in [-0.05, 0) is 51.1 Å². The highest BCUT2D eigenvalue weighted by Crippen LogP contribution is 2.25. The first-order valence-corrected chi connectivity index (χ1v) is 8.10. The zero-order chi connectivity index (χ0) is 17.3. The molecule has 0 aliphatic carbocycles. The van der Waals surface area contributed by atoms with Gasteiger partial charge < -0.3 is 15.6 Å². The Labute approximate surface area is 165 Å². The van der Waals surface area contributed by atoms with Gasteiger partial charge in [-0.1, -0.05) is 18.2 Å². The van der Waals surface area contributed by atoms with Crippen LogP contribution < -0.4 is 11.1 Å². The van der Waals surface area contributed by atoms with Gasteiger partial charge in [0.2, 0.25) is 0 Å². The second-order valence-electron chi connectivity index (χ2n) is 6.24. The molecule has 26 heavy (non-hydrogen) atoms. The second kappa shape index (κ2) is 8.92. The second-order valence-corrected chi connectivity index (χ2v) is 6.24. The number of nitrogens with one attached hydrogen (secondary N) is 1. The van der Waals surface area contributed by atoms with Crippen LogP contribution in [-0.2, 0) is 0 Å². The number of hydrogen-bond acceptors (Lipinski definition) is 3. The van der Waals surface area contributed by atoms with Crippen molar-refractivity contribution >= 4 is 47.4 Å². The molecule has 0 bridgehead atoms. The van der Waals surface area contributed by atoms with Gasteiger partial charge in [0.25, 0.3) is 5.91 Å². The lowest BCUT2D eigenvalue weighted by molar-refractivity contribution is 0.0937. The van der Waals surface area contributed by atoms with Crippen molar-refractivity contribution in [3.8, 4) is 0 Å². The lowest BCUT2D eigenvalue weighted by Gasteiger charge is -2.19. The minimum atomic E-state index is -0.214. The van der Waals surface area contributed by atoms with Gasteiger partial charge in [0.1, 0.15) is 5.82 Å². The molecular formula is C19H24Cl2N4O. The highest BCUT2D eigenvalue weighted by molar-refractivity contribution is 5.95. The summed E-state index contributed by atoms with van der Waals surface area (Å²) >= 11 is 0. The summed E-state index contributed by atoms with van der Waals surface area (Å²) in [6.45, 7) is 6.18. The van der Waals surface area contributed by atoms with Crippen molar-refractivity contribution in [2.24, 2.45) is 0 Å². The van der Waals surface area contributed by atoms with Crippen LogP contribution in [0.1, 0.15) is 49.0 Å². The van der Waals surface area contributed by atoms with Crippen LogP contribution in [0.3, 0.4) is 0 Å². The first-order chi connectivity index (χ1) is 11.5. The molecule has 1 aromatic heterocycles. The summed E-state index contributed by atoms with van der Waals surface area (Å²) in [5.74, 6) is 0.695. The average Bonchev–Trinajstić information content (AvgIpc) is 2.94. The monoisotopic (exact) mass is 394 g/mol. The summed E-state index contributed by atoms with van der Waals surface area (Å²) in [6, 6.07) is 15.0. The number of aromatic nitrogens is 2. The van der Waals surface area contributed by atoms with Crippen molar-refractivity contribution in [1.82, 2.24) is 14.9 Å². The van der Waals surface area contributed by atoms with E-state index in [9.17, 15) is 4.79 Å². The Hall–Kier alpha value is -2.24. The SMILES string of the molecule is CC(NC(=O)c1cccc(N)c1)c1nc2ccccc2n1C(C)C.Cl.Cl. The van der Waals surface area contributed by atoms with Gasteiger partial charge in [0, 0.05) is 17.3 Å². The Balaban J connectivity index is 0.00000169. The van der Waals surface area contributed by atoms with Gasteiger partial charge in [0.05, 0.1) is 17.1 Å². The fourth-order valence-electron chi connectivity index (χ4n) is 2.94. The lowest BCUT2D eigenvalue weighted by Crippen LogP contribution is -2.29. The smallest absolute Gasteiger partial charge is 0.251 e. The van der Waals surface area contributed by atoms with E-state index in [1.807, 2.05) is 25.1 Å². The molecule has 3 rings (SSSR count).